The van der Waals surface area contributed by atoms with Gasteiger partial charge in [-0.1, -0.05) is 0 Å². The van der Waals surface area contributed by atoms with Gasteiger partial charge in [0.25, 0.3) is 0 Å². The number of halogens is 3. The molecule has 0 bridgehead atoms. The van der Waals surface area contributed by atoms with Crippen LogP contribution in [0.1, 0.15) is 6.92 Å². The van der Waals surface area contributed by atoms with E-state index in [1.807, 2.05) is 0 Å². The lowest BCUT2D eigenvalue weighted by molar-refractivity contribution is -0.193. The van der Waals surface area contributed by atoms with Crippen molar-refractivity contribution in [3.63, 3.8) is 0 Å². The van der Waals surface area contributed by atoms with Crippen molar-refractivity contribution in [2.45, 2.75) is 25.2 Å². The molecule has 6 heteroatoms. The summed E-state index contributed by atoms with van der Waals surface area (Å²) in [5.41, 5.74) is 5.13. The van der Waals surface area contributed by atoms with Gasteiger partial charge in [-0.15, -0.1) is 0 Å². The van der Waals surface area contributed by atoms with Crippen LogP contribution < -0.4 is 5.73 Å². The molecule has 0 aromatic carbocycles. The van der Waals surface area contributed by atoms with Gasteiger partial charge in [0.15, 0.2) is 0 Å². The number of rotatable bonds is 2. The van der Waals surface area contributed by atoms with Crippen LogP contribution in [0.15, 0.2) is 0 Å². The summed E-state index contributed by atoms with van der Waals surface area (Å²) in [5, 5.41) is 0. The van der Waals surface area contributed by atoms with Gasteiger partial charge in [-0.3, -0.25) is 4.90 Å². The molecule has 1 aliphatic heterocycles. The predicted octanol–water partition coefficient (Wildman–Crippen LogP) is 0.597. The zero-order valence-corrected chi connectivity index (χ0v) is 8.05. The molecule has 1 saturated heterocycles. The number of ether oxygens (including phenoxy) is 1. The van der Waals surface area contributed by atoms with Crippen molar-refractivity contribution in [1.82, 2.24) is 4.90 Å². The van der Waals surface area contributed by atoms with E-state index in [4.69, 9.17) is 10.5 Å². The van der Waals surface area contributed by atoms with Crippen molar-refractivity contribution in [3.05, 3.63) is 0 Å². The molecular formula is C8H15F3N2O. The Kier molecular flexibility index (Phi) is 3.74. The Morgan fingerprint density at radius 1 is 1.57 bits per heavy atom. The van der Waals surface area contributed by atoms with Gasteiger partial charge in [0.1, 0.15) is 6.04 Å². The molecule has 14 heavy (non-hydrogen) atoms. The quantitative estimate of drug-likeness (QED) is 0.728. The van der Waals surface area contributed by atoms with Crippen LogP contribution in [0, 0.1) is 0 Å². The number of hydrogen-bond donors (Lipinski definition) is 1. The third-order valence-electron chi connectivity index (χ3n) is 2.31. The highest BCUT2D eigenvalue weighted by Crippen LogP contribution is 2.25. The minimum absolute atomic E-state index is 0.153. The smallest absolute Gasteiger partial charge is 0.376 e. The Morgan fingerprint density at radius 3 is 2.64 bits per heavy atom. The number of nitrogens with zero attached hydrogens (tertiary/aromatic N) is 1. The van der Waals surface area contributed by atoms with Gasteiger partial charge >= 0.3 is 6.18 Å². The minimum Gasteiger partial charge on any atom is -0.376 e. The summed E-state index contributed by atoms with van der Waals surface area (Å²) >= 11 is 0. The van der Waals surface area contributed by atoms with Gasteiger partial charge in [-0.05, 0) is 6.92 Å². The Hall–Kier alpha value is -0.330. The third-order valence-corrected chi connectivity index (χ3v) is 2.31. The van der Waals surface area contributed by atoms with Crippen molar-refractivity contribution < 1.29 is 17.9 Å². The highest BCUT2D eigenvalue weighted by molar-refractivity contribution is 4.82. The van der Waals surface area contributed by atoms with Crippen molar-refractivity contribution in [1.29, 1.82) is 0 Å². The molecule has 0 radical (unpaired) electrons. The molecule has 0 aromatic heterocycles. The maximum Gasteiger partial charge on any atom is 0.405 e. The van der Waals surface area contributed by atoms with E-state index in [-0.39, 0.29) is 6.10 Å². The molecule has 2 atom stereocenters. The lowest BCUT2D eigenvalue weighted by Gasteiger charge is -2.37. The summed E-state index contributed by atoms with van der Waals surface area (Å²) in [6.07, 6.45) is -4.40. The lowest BCUT2D eigenvalue weighted by Crippen LogP contribution is -2.55. The highest BCUT2D eigenvalue weighted by atomic mass is 19.4. The Balaban J connectivity index is 2.60. The van der Waals surface area contributed by atoms with Crippen molar-refractivity contribution in [2.75, 3.05) is 26.2 Å². The van der Waals surface area contributed by atoms with Gasteiger partial charge in [0.05, 0.1) is 12.7 Å². The van der Waals surface area contributed by atoms with Crippen LogP contribution in [0.3, 0.4) is 0 Å². The average Bonchev–Trinajstić information content (AvgIpc) is 2.02. The summed E-state index contributed by atoms with van der Waals surface area (Å²) in [6.45, 7) is 2.30. The van der Waals surface area contributed by atoms with Crippen LogP contribution in [0.25, 0.3) is 0 Å². The van der Waals surface area contributed by atoms with Crippen LogP contribution in [0.2, 0.25) is 0 Å². The molecule has 1 heterocycles. The molecule has 0 saturated carbocycles. The van der Waals surface area contributed by atoms with Gasteiger partial charge in [0.2, 0.25) is 0 Å². The maximum absolute atomic E-state index is 12.5. The van der Waals surface area contributed by atoms with E-state index in [0.29, 0.717) is 19.7 Å². The molecular weight excluding hydrogens is 197 g/mol. The molecule has 0 aliphatic carbocycles. The van der Waals surface area contributed by atoms with E-state index in [1.54, 1.807) is 6.92 Å². The second kappa shape index (κ2) is 4.46. The molecule has 3 nitrogen and oxygen atoms in total. The molecule has 0 aromatic rings. The molecule has 1 rings (SSSR count). The second-order valence-electron chi connectivity index (χ2n) is 3.47. The molecule has 0 spiro atoms. The van der Waals surface area contributed by atoms with E-state index in [0.717, 1.165) is 0 Å². The number of morpholine rings is 1. The minimum atomic E-state index is -4.24. The highest BCUT2D eigenvalue weighted by Gasteiger charge is 2.43. The zero-order chi connectivity index (χ0) is 10.8. The van der Waals surface area contributed by atoms with Gasteiger partial charge in [-0.2, -0.15) is 13.2 Å². The van der Waals surface area contributed by atoms with Gasteiger partial charge < -0.3 is 10.5 Å². The summed E-state index contributed by atoms with van der Waals surface area (Å²) in [4.78, 5) is 1.34. The first-order chi connectivity index (χ1) is 6.45. The first-order valence-electron chi connectivity index (χ1n) is 4.57. The largest absolute Gasteiger partial charge is 0.405 e. The molecule has 1 fully saturated rings. The molecule has 1 aliphatic rings. The van der Waals surface area contributed by atoms with Gasteiger partial charge in [-0.25, -0.2) is 0 Å². The predicted molar refractivity (Wildman–Crippen MR) is 45.9 cm³/mol. The van der Waals surface area contributed by atoms with Crippen molar-refractivity contribution in [3.8, 4) is 0 Å². The Bertz CT molecular complexity index is 186. The average molecular weight is 212 g/mol. The normalized spacial score (nSPS) is 27.6. The van der Waals surface area contributed by atoms with Crippen LogP contribution in [0.4, 0.5) is 13.2 Å². The lowest BCUT2D eigenvalue weighted by atomic mass is 10.2. The summed E-state index contributed by atoms with van der Waals surface area (Å²) < 4.78 is 42.6. The fourth-order valence-corrected chi connectivity index (χ4v) is 1.62. The number of nitrogens with two attached hydrogens (primary N) is 1. The van der Waals surface area contributed by atoms with E-state index in [9.17, 15) is 13.2 Å². The van der Waals surface area contributed by atoms with Gasteiger partial charge in [0, 0.05) is 19.6 Å². The topological polar surface area (TPSA) is 38.5 Å². The fraction of sp³-hybridized carbons (Fsp3) is 1.00. The number of alkyl halides is 3. The van der Waals surface area contributed by atoms with E-state index >= 15 is 0 Å². The van der Waals surface area contributed by atoms with Crippen LogP contribution in [-0.2, 0) is 4.74 Å². The number of hydrogen-bond acceptors (Lipinski definition) is 3. The summed E-state index contributed by atoms with van der Waals surface area (Å²) in [5.74, 6) is 0. The first-order valence-corrected chi connectivity index (χ1v) is 4.57. The molecule has 0 amide bonds. The zero-order valence-electron chi connectivity index (χ0n) is 8.05. The maximum atomic E-state index is 12.5. The molecule has 2 N–H and O–H groups in total. The fourth-order valence-electron chi connectivity index (χ4n) is 1.62. The Labute approximate surface area is 81.0 Å². The second-order valence-corrected chi connectivity index (χ2v) is 3.47. The third kappa shape index (κ3) is 2.83. The standard InChI is InChI=1S/C8H15F3N2O/c1-6-5-13(2-3-14-6)7(4-12)8(9,10)11/h6-7H,2-5,12H2,1H3. The van der Waals surface area contributed by atoms with Crippen molar-refractivity contribution in [2.24, 2.45) is 5.73 Å². The van der Waals surface area contributed by atoms with Crippen molar-refractivity contribution >= 4 is 0 Å². The first kappa shape index (κ1) is 11.7. The van der Waals surface area contributed by atoms with E-state index < -0.39 is 18.8 Å². The Morgan fingerprint density at radius 2 is 2.21 bits per heavy atom. The van der Waals surface area contributed by atoms with Crippen LogP contribution in [0.5, 0.6) is 0 Å². The monoisotopic (exact) mass is 212 g/mol. The summed E-state index contributed by atoms with van der Waals surface area (Å²) in [6, 6.07) is -1.53. The molecule has 2 unspecified atom stereocenters. The SMILES string of the molecule is CC1CN(C(CN)C(F)(F)F)CCO1. The van der Waals surface area contributed by atoms with E-state index in [2.05, 4.69) is 0 Å². The van der Waals surface area contributed by atoms with Crippen LogP contribution >= 0.6 is 0 Å². The summed E-state index contributed by atoms with van der Waals surface area (Å²) in [7, 11) is 0. The molecule has 84 valence electrons. The van der Waals surface area contributed by atoms with Crippen LogP contribution in [-0.4, -0.2) is 49.5 Å². The van der Waals surface area contributed by atoms with E-state index in [1.165, 1.54) is 4.90 Å².